The van der Waals surface area contributed by atoms with Gasteiger partial charge in [0.1, 0.15) is 5.60 Å². The number of hydrogen-bond donors (Lipinski definition) is 1. The molecule has 124 valence electrons. The zero-order valence-corrected chi connectivity index (χ0v) is 14.6. The molecule has 1 aliphatic rings. The van der Waals surface area contributed by atoms with Crippen LogP contribution in [-0.4, -0.2) is 43.8 Å². The van der Waals surface area contributed by atoms with Gasteiger partial charge in [-0.15, -0.1) is 0 Å². The molecule has 0 unspecified atom stereocenters. The van der Waals surface area contributed by atoms with Gasteiger partial charge in [0.15, 0.2) is 0 Å². The lowest BCUT2D eigenvalue weighted by Crippen LogP contribution is -2.41. The number of likely N-dealkylation sites (tertiary alicyclic amines) is 1. The Morgan fingerprint density at radius 3 is 2.09 bits per heavy atom. The van der Waals surface area contributed by atoms with Gasteiger partial charge < -0.3 is 15.0 Å². The van der Waals surface area contributed by atoms with Crippen LogP contribution in [0.25, 0.3) is 0 Å². The van der Waals surface area contributed by atoms with Gasteiger partial charge in [0, 0.05) is 13.1 Å². The minimum atomic E-state index is -0.409. The van der Waals surface area contributed by atoms with Gasteiger partial charge in [-0.05, 0) is 59.2 Å². The van der Waals surface area contributed by atoms with Gasteiger partial charge in [0.05, 0.1) is 0 Å². The van der Waals surface area contributed by atoms with E-state index in [4.69, 9.17) is 4.74 Å². The van der Waals surface area contributed by atoms with E-state index >= 15 is 0 Å². The molecule has 22 heavy (non-hydrogen) atoms. The maximum Gasteiger partial charge on any atom is 0.410 e. The van der Waals surface area contributed by atoms with Crippen molar-refractivity contribution >= 4 is 6.09 Å². The number of hydrogen-bond acceptors (Lipinski definition) is 3. The zero-order chi connectivity index (χ0) is 16.6. The monoisotopic (exact) mass is 306 g/mol. The summed E-state index contributed by atoms with van der Waals surface area (Å²) >= 11 is 0. The summed E-state index contributed by atoms with van der Waals surface area (Å²) in [5.74, 6) is 0.569. The van der Waals surface area contributed by atoms with Crippen LogP contribution in [0.5, 0.6) is 0 Å². The molecule has 0 radical (unpaired) electrons. The summed E-state index contributed by atoms with van der Waals surface area (Å²) in [6, 6.07) is 10.5. The molecule has 1 heterocycles. The summed E-state index contributed by atoms with van der Waals surface area (Å²) < 4.78 is 5.41. The van der Waals surface area contributed by atoms with Gasteiger partial charge in [-0.1, -0.05) is 30.3 Å². The van der Waals surface area contributed by atoms with Crippen molar-refractivity contribution in [1.82, 2.24) is 10.2 Å². The minimum absolute atomic E-state index is 0.181. The van der Waals surface area contributed by atoms with E-state index < -0.39 is 5.60 Å². The second-order valence-electron chi connectivity index (χ2n) is 6.65. The second kappa shape index (κ2) is 8.79. The Kier molecular flexibility index (Phi) is 7.39. The third-order valence-electron chi connectivity index (χ3n) is 3.42. The van der Waals surface area contributed by atoms with Crippen LogP contribution >= 0.6 is 0 Å². The van der Waals surface area contributed by atoms with Gasteiger partial charge in [0.2, 0.25) is 0 Å². The SMILES string of the molecule is CC(C)(C)OC(=O)N1CCC(c2ccccc2)CC1.CNC. The van der Waals surface area contributed by atoms with E-state index in [0.717, 1.165) is 25.9 Å². The van der Waals surface area contributed by atoms with Crippen LogP contribution in [0.4, 0.5) is 4.79 Å². The van der Waals surface area contributed by atoms with Crippen molar-refractivity contribution in [1.29, 1.82) is 0 Å². The first kappa shape index (κ1) is 18.5. The molecule has 1 aromatic carbocycles. The summed E-state index contributed by atoms with van der Waals surface area (Å²) in [6.45, 7) is 7.29. The molecule has 1 aromatic rings. The van der Waals surface area contributed by atoms with Crippen molar-refractivity contribution < 1.29 is 9.53 Å². The first-order valence-corrected chi connectivity index (χ1v) is 7.98. The lowest BCUT2D eigenvalue weighted by molar-refractivity contribution is 0.0205. The molecule has 1 N–H and O–H groups in total. The fraction of sp³-hybridized carbons (Fsp3) is 0.611. The smallest absolute Gasteiger partial charge is 0.410 e. The molecule has 0 saturated carbocycles. The number of carbonyl (C=O) groups excluding carboxylic acids is 1. The standard InChI is InChI=1S/C16H23NO2.C2H7N/c1-16(2,3)19-15(18)17-11-9-14(10-12-17)13-7-5-4-6-8-13;1-3-2/h4-8,14H,9-12H2,1-3H3;3H,1-2H3. The highest BCUT2D eigenvalue weighted by Gasteiger charge is 2.27. The van der Waals surface area contributed by atoms with Crippen molar-refractivity contribution in [3.05, 3.63) is 35.9 Å². The van der Waals surface area contributed by atoms with Crippen molar-refractivity contribution in [3.8, 4) is 0 Å². The highest BCUT2D eigenvalue weighted by Crippen LogP contribution is 2.28. The van der Waals surface area contributed by atoms with E-state index in [1.54, 1.807) is 0 Å². The summed E-state index contributed by atoms with van der Waals surface area (Å²) in [4.78, 5) is 13.8. The van der Waals surface area contributed by atoms with Gasteiger partial charge in [-0.3, -0.25) is 0 Å². The molecule has 0 bridgehead atoms. The van der Waals surface area contributed by atoms with Crippen LogP contribution in [0.2, 0.25) is 0 Å². The average Bonchev–Trinajstić information content (AvgIpc) is 2.47. The Labute approximate surface area is 134 Å². The molecular weight excluding hydrogens is 276 g/mol. The Bertz CT molecular complexity index is 432. The Morgan fingerprint density at radius 1 is 1.14 bits per heavy atom. The quantitative estimate of drug-likeness (QED) is 0.861. The van der Waals surface area contributed by atoms with E-state index in [0.29, 0.717) is 5.92 Å². The highest BCUT2D eigenvalue weighted by molar-refractivity contribution is 5.68. The molecular formula is C18H30N2O2. The van der Waals surface area contributed by atoms with Crippen LogP contribution in [0.15, 0.2) is 30.3 Å². The van der Waals surface area contributed by atoms with Crippen LogP contribution in [0.3, 0.4) is 0 Å². The maximum atomic E-state index is 12.0. The van der Waals surface area contributed by atoms with Gasteiger partial charge in [-0.2, -0.15) is 0 Å². The summed E-state index contributed by atoms with van der Waals surface area (Å²) in [7, 11) is 3.75. The summed E-state index contributed by atoms with van der Waals surface area (Å²) in [5, 5.41) is 2.75. The highest BCUT2D eigenvalue weighted by atomic mass is 16.6. The molecule has 0 spiro atoms. The van der Waals surface area contributed by atoms with Crippen LogP contribution in [0.1, 0.15) is 45.1 Å². The average molecular weight is 306 g/mol. The molecule has 1 aliphatic heterocycles. The van der Waals surface area contributed by atoms with Crippen LogP contribution in [0, 0.1) is 0 Å². The normalized spacial score (nSPS) is 15.8. The molecule has 4 nitrogen and oxygen atoms in total. The van der Waals surface area contributed by atoms with Gasteiger partial charge >= 0.3 is 6.09 Å². The topological polar surface area (TPSA) is 41.6 Å². The lowest BCUT2D eigenvalue weighted by Gasteiger charge is -2.33. The number of carbonyl (C=O) groups is 1. The number of rotatable bonds is 1. The number of benzene rings is 1. The van der Waals surface area contributed by atoms with E-state index in [2.05, 4.69) is 29.6 Å². The lowest BCUT2D eigenvalue weighted by atomic mass is 9.90. The van der Waals surface area contributed by atoms with Gasteiger partial charge in [-0.25, -0.2) is 4.79 Å². The summed E-state index contributed by atoms with van der Waals surface area (Å²) in [5.41, 5.74) is 0.972. The largest absolute Gasteiger partial charge is 0.444 e. The number of piperidine rings is 1. The van der Waals surface area contributed by atoms with E-state index in [-0.39, 0.29) is 6.09 Å². The predicted molar refractivity (Wildman–Crippen MR) is 91.2 cm³/mol. The number of nitrogens with one attached hydrogen (secondary N) is 1. The Morgan fingerprint density at radius 2 is 1.64 bits per heavy atom. The van der Waals surface area contributed by atoms with E-state index in [9.17, 15) is 4.79 Å². The third-order valence-corrected chi connectivity index (χ3v) is 3.42. The summed E-state index contributed by atoms with van der Waals surface area (Å²) in [6.07, 6.45) is 1.85. The fourth-order valence-electron chi connectivity index (χ4n) is 2.45. The minimum Gasteiger partial charge on any atom is -0.444 e. The second-order valence-corrected chi connectivity index (χ2v) is 6.65. The molecule has 0 atom stereocenters. The van der Waals surface area contributed by atoms with E-state index in [1.165, 1.54) is 5.56 Å². The number of amides is 1. The maximum absolute atomic E-state index is 12.0. The molecule has 1 saturated heterocycles. The molecule has 2 rings (SSSR count). The molecule has 1 amide bonds. The molecule has 1 fully saturated rings. The molecule has 0 aliphatic carbocycles. The molecule has 0 aromatic heterocycles. The first-order valence-electron chi connectivity index (χ1n) is 7.98. The van der Waals surface area contributed by atoms with Crippen molar-refractivity contribution in [3.63, 3.8) is 0 Å². The third kappa shape index (κ3) is 6.48. The molecule has 4 heteroatoms. The van der Waals surface area contributed by atoms with Crippen LogP contribution < -0.4 is 5.32 Å². The number of ether oxygens (including phenoxy) is 1. The van der Waals surface area contributed by atoms with E-state index in [1.807, 2.05) is 45.8 Å². The zero-order valence-electron chi connectivity index (χ0n) is 14.6. The predicted octanol–water partition coefficient (Wildman–Crippen LogP) is 3.64. The van der Waals surface area contributed by atoms with Gasteiger partial charge in [0.25, 0.3) is 0 Å². The van der Waals surface area contributed by atoms with Crippen molar-refractivity contribution in [2.45, 2.75) is 45.1 Å². The Hall–Kier alpha value is -1.55. The fourth-order valence-corrected chi connectivity index (χ4v) is 2.45. The van der Waals surface area contributed by atoms with Crippen LogP contribution in [-0.2, 0) is 4.74 Å². The first-order chi connectivity index (χ1) is 10.4. The number of nitrogens with zero attached hydrogens (tertiary/aromatic N) is 1. The Balaban J connectivity index is 0.000000745. The van der Waals surface area contributed by atoms with Crippen molar-refractivity contribution in [2.75, 3.05) is 27.2 Å². The van der Waals surface area contributed by atoms with Crippen molar-refractivity contribution in [2.24, 2.45) is 0 Å².